The van der Waals surface area contributed by atoms with Crippen molar-refractivity contribution >= 4 is 12.0 Å². The Morgan fingerprint density at radius 1 is 1.21 bits per heavy atom. The number of hydrogen-bond acceptors (Lipinski definition) is 3. The lowest BCUT2D eigenvalue weighted by Crippen LogP contribution is -2.46. The first-order chi connectivity index (χ1) is 9.08. The van der Waals surface area contributed by atoms with E-state index in [1.807, 2.05) is 0 Å². The van der Waals surface area contributed by atoms with Crippen LogP contribution in [0.15, 0.2) is 0 Å². The van der Waals surface area contributed by atoms with Gasteiger partial charge in [0, 0.05) is 32.8 Å². The second kappa shape index (κ2) is 6.23. The average molecular weight is 270 g/mol. The summed E-state index contributed by atoms with van der Waals surface area (Å²) in [5.74, 6) is -0.478. The van der Waals surface area contributed by atoms with Crippen molar-refractivity contribution in [3.8, 4) is 0 Å². The van der Waals surface area contributed by atoms with Gasteiger partial charge in [0.25, 0.3) is 0 Å². The summed E-state index contributed by atoms with van der Waals surface area (Å²) in [6, 6.07) is -0.0304. The molecule has 6 nitrogen and oxygen atoms in total. The highest BCUT2D eigenvalue weighted by atomic mass is 16.5. The molecule has 0 aromatic rings. The van der Waals surface area contributed by atoms with E-state index < -0.39 is 5.97 Å². The molecule has 0 unspecified atom stereocenters. The van der Waals surface area contributed by atoms with Crippen LogP contribution < -0.4 is 0 Å². The zero-order chi connectivity index (χ0) is 13.8. The van der Waals surface area contributed by atoms with Gasteiger partial charge < -0.3 is 19.6 Å². The second-order valence-electron chi connectivity index (χ2n) is 5.47. The molecule has 2 aliphatic rings. The topological polar surface area (TPSA) is 70.1 Å². The minimum Gasteiger partial charge on any atom is -0.480 e. The molecule has 2 fully saturated rings. The molecule has 0 aromatic carbocycles. The van der Waals surface area contributed by atoms with Crippen molar-refractivity contribution in [1.82, 2.24) is 9.80 Å². The molecule has 2 amide bonds. The molecule has 0 radical (unpaired) electrons. The van der Waals surface area contributed by atoms with Crippen LogP contribution in [-0.4, -0.2) is 66.3 Å². The predicted molar refractivity (Wildman–Crippen MR) is 68.9 cm³/mol. The van der Waals surface area contributed by atoms with E-state index >= 15 is 0 Å². The number of nitrogens with zero attached hydrogens (tertiary/aromatic N) is 2. The van der Waals surface area contributed by atoms with Gasteiger partial charge in [-0.2, -0.15) is 0 Å². The summed E-state index contributed by atoms with van der Waals surface area (Å²) in [5, 5.41) is 8.88. The first kappa shape index (κ1) is 14.1. The molecular formula is C13H22N2O4. The first-order valence-electron chi connectivity index (χ1n) is 6.89. The fourth-order valence-electron chi connectivity index (χ4n) is 2.50. The van der Waals surface area contributed by atoms with Crippen LogP contribution in [0, 0.1) is 5.92 Å². The molecule has 0 aromatic heterocycles. The molecule has 19 heavy (non-hydrogen) atoms. The number of carboxylic acid groups (broad SMARTS) is 1. The molecule has 1 heterocycles. The lowest BCUT2D eigenvalue weighted by molar-refractivity contribution is -0.137. The Balaban J connectivity index is 1.86. The van der Waals surface area contributed by atoms with Crippen molar-refractivity contribution in [2.75, 3.05) is 33.4 Å². The van der Waals surface area contributed by atoms with Crippen LogP contribution in [0.4, 0.5) is 4.79 Å². The average Bonchev–Trinajstić information content (AvgIpc) is 3.20. The molecule has 0 atom stereocenters. The molecule has 6 heteroatoms. The number of aliphatic carboxylic acids is 1. The number of carbonyl (C=O) groups is 2. The van der Waals surface area contributed by atoms with Crippen molar-refractivity contribution in [3.63, 3.8) is 0 Å². The highest BCUT2D eigenvalue weighted by molar-refractivity contribution is 5.80. The SMILES string of the molecule is CN(CC1CCOCC1)C(=O)N(CC(=O)O)C1CC1. The molecule has 2 rings (SSSR count). The molecular weight excluding hydrogens is 248 g/mol. The van der Waals surface area contributed by atoms with Gasteiger partial charge in [-0.05, 0) is 31.6 Å². The quantitative estimate of drug-likeness (QED) is 0.809. The van der Waals surface area contributed by atoms with Crippen LogP contribution in [0.5, 0.6) is 0 Å². The fraction of sp³-hybridized carbons (Fsp3) is 0.846. The summed E-state index contributed by atoms with van der Waals surface area (Å²) in [6.07, 6.45) is 3.79. The molecule has 1 aliphatic carbocycles. The van der Waals surface area contributed by atoms with Gasteiger partial charge in [-0.15, -0.1) is 0 Å². The third-order valence-electron chi connectivity index (χ3n) is 3.74. The molecule has 1 saturated heterocycles. The second-order valence-corrected chi connectivity index (χ2v) is 5.47. The maximum Gasteiger partial charge on any atom is 0.323 e. The number of urea groups is 1. The highest BCUT2D eigenvalue weighted by Gasteiger charge is 2.35. The lowest BCUT2D eigenvalue weighted by Gasteiger charge is -2.31. The molecule has 1 N–H and O–H groups in total. The number of amides is 2. The fourth-order valence-corrected chi connectivity index (χ4v) is 2.50. The van der Waals surface area contributed by atoms with Crippen molar-refractivity contribution in [3.05, 3.63) is 0 Å². The van der Waals surface area contributed by atoms with Crippen molar-refractivity contribution in [1.29, 1.82) is 0 Å². The van der Waals surface area contributed by atoms with E-state index in [9.17, 15) is 9.59 Å². The Kier molecular flexibility index (Phi) is 4.63. The van der Waals surface area contributed by atoms with E-state index in [-0.39, 0.29) is 18.6 Å². The predicted octanol–water partition coefficient (Wildman–Crippen LogP) is 1.01. The number of ether oxygens (including phenoxy) is 1. The molecule has 1 aliphatic heterocycles. The van der Waals surface area contributed by atoms with E-state index in [1.54, 1.807) is 11.9 Å². The Labute approximate surface area is 113 Å². The van der Waals surface area contributed by atoms with Crippen molar-refractivity contribution in [2.24, 2.45) is 5.92 Å². The molecule has 0 bridgehead atoms. The largest absolute Gasteiger partial charge is 0.480 e. The summed E-state index contributed by atoms with van der Waals surface area (Å²) in [4.78, 5) is 26.3. The van der Waals surface area contributed by atoms with Gasteiger partial charge in [0.05, 0.1) is 0 Å². The Morgan fingerprint density at radius 3 is 2.37 bits per heavy atom. The summed E-state index contributed by atoms with van der Waals surface area (Å²) >= 11 is 0. The zero-order valence-corrected chi connectivity index (χ0v) is 11.4. The third-order valence-corrected chi connectivity index (χ3v) is 3.74. The minimum atomic E-state index is -0.945. The lowest BCUT2D eigenvalue weighted by atomic mass is 10.00. The van der Waals surface area contributed by atoms with Crippen LogP contribution in [0.25, 0.3) is 0 Å². The van der Waals surface area contributed by atoms with Gasteiger partial charge in [0.1, 0.15) is 6.54 Å². The number of carbonyl (C=O) groups excluding carboxylic acids is 1. The molecule has 1 saturated carbocycles. The Bertz CT molecular complexity index is 338. The summed E-state index contributed by atoms with van der Waals surface area (Å²) < 4.78 is 5.30. The van der Waals surface area contributed by atoms with Gasteiger partial charge in [-0.25, -0.2) is 4.79 Å². The molecule has 108 valence electrons. The monoisotopic (exact) mass is 270 g/mol. The van der Waals surface area contributed by atoms with E-state index in [4.69, 9.17) is 9.84 Å². The van der Waals surface area contributed by atoms with Gasteiger partial charge in [-0.1, -0.05) is 0 Å². The van der Waals surface area contributed by atoms with E-state index in [0.717, 1.165) is 38.9 Å². The first-order valence-corrected chi connectivity index (χ1v) is 6.89. The van der Waals surface area contributed by atoms with Gasteiger partial charge in [0.2, 0.25) is 0 Å². The van der Waals surface area contributed by atoms with Crippen molar-refractivity contribution in [2.45, 2.75) is 31.7 Å². The van der Waals surface area contributed by atoms with Crippen LogP contribution in [0.3, 0.4) is 0 Å². The third kappa shape index (κ3) is 4.09. The van der Waals surface area contributed by atoms with Gasteiger partial charge >= 0.3 is 12.0 Å². The van der Waals surface area contributed by atoms with Crippen LogP contribution in [0.2, 0.25) is 0 Å². The van der Waals surface area contributed by atoms with Crippen molar-refractivity contribution < 1.29 is 19.4 Å². The van der Waals surface area contributed by atoms with Crippen LogP contribution in [0.1, 0.15) is 25.7 Å². The smallest absolute Gasteiger partial charge is 0.323 e. The molecule has 0 spiro atoms. The summed E-state index contributed by atoms with van der Waals surface area (Å²) in [6.45, 7) is 2.01. The number of rotatable bonds is 5. The number of carboxylic acids is 1. The maximum absolute atomic E-state index is 12.3. The van der Waals surface area contributed by atoms with Gasteiger partial charge in [-0.3, -0.25) is 4.79 Å². The standard InChI is InChI=1S/C13H22N2O4/c1-14(8-10-4-6-19-7-5-10)13(18)15(9-12(16)17)11-2-3-11/h10-11H,2-9H2,1H3,(H,16,17). The Hall–Kier alpha value is -1.30. The normalized spacial score (nSPS) is 20.1. The van der Waals surface area contributed by atoms with Crippen LogP contribution in [-0.2, 0) is 9.53 Å². The zero-order valence-electron chi connectivity index (χ0n) is 11.4. The van der Waals surface area contributed by atoms with Crippen LogP contribution >= 0.6 is 0 Å². The summed E-state index contributed by atoms with van der Waals surface area (Å²) in [7, 11) is 1.76. The highest BCUT2D eigenvalue weighted by Crippen LogP contribution is 2.27. The summed E-state index contributed by atoms with van der Waals surface area (Å²) in [5.41, 5.74) is 0. The Morgan fingerprint density at radius 2 is 1.84 bits per heavy atom. The maximum atomic E-state index is 12.3. The minimum absolute atomic E-state index is 0.126. The van der Waals surface area contributed by atoms with E-state index in [1.165, 1.54) is 4.90 Å². The van der Waals surface area contributed by atoms with E-state index in [0.29, 0.717) is 12.5 Å². The number of hydrogen-bond donors (Lipinski definition) is 1. The van der Waals surface area contributed by atoms with Gasteiger partial charge in [0.15, 0.2) is 0 Å². The van der Waals surface area contributed by atoms with E-state index in [2.05, 4.69) is 0 Å².